The Morgan fingerprint density at radius 3 is 2.38 bits per heavy atom. The number of rotatable bonds is 3. The predicted octanol–water partition coefficient (Wildman–Crippen LogP) is 1.56. The van der Waals surface area contributed by atoms with Crippen molar-refractivity contribution in [3.05, 3.63) is 42.5 Å². The lowest BCUT2D eigenvalue weighted by atomic mass is 10.1. The average molecular weight is 216 g/mol. The van der Waals surface area contributed by atoms with Crippen LogP contribution in [-0.2, 0) is 0 Å². The maximum Gasteiger partial charge on any atom is 0.141 e. The molecule has 5 nitrogen and oxygen atoms in total. The molecule has 2 aromatic rings. The molecule has 0 N–H and O–H groups in total. The Hall–Kier alpha value is -2.17. The minimum absolute atomic E-state index is 0.834. The Bertz CT molecular complexity index is 473. The van der Waals surface area contributed by atoms with E-state index >= 15 is 0 Å². The van der Waals surface area contributed by atoms with E-state index in [0.717, 1.165) is 17.0 Å². The van der Waals surface area contributed by atoms with Crippen LogP contribution in [0.1, 0.15) is 12.5 Å². The second kappa shape index (κ2) is 4.57. The van der Waals surface area contributed by atoms with Crippen LogP contribution in [0.15, 0.2) is 42.0 Å². The lowest BCUT2D eigenvalue weighted by Crippen LogP contribution is -1.98. The van der Waals surface area contributed by atoms with Gasteiger partial charge in [0.1, 0.15) is 18.4 Å². The zero-order valence-electron chi connectivity index (χ0n) is 9.16. The number of ether oxygens (including phenoxy) is 1. The summed E-state index contributed by atoms with van der Waals surface area (Å²) in [6.07, 6.45) is 3.10. The van der Waals surface area contributed by atoms with Crippen LogP contribution in [0.4, 0.5) is 0 Å². The van der Waals surface area contributed by atoms with E-state index in [2.05, 4.69) is 15.3 Å². The molecule has 5 heteroatoms. The summed E-state index contributed by atoms with van der Waals surface area (Å²) in [6.45, 7) is 1.93. The second-order valence-electron chi connectivity index (χ2n) is 3.26. The van der Waals surface area contributed by atoms with Gasteiger partial charge in [-0.15, -0.1) is 10.2 Å². The van der Waals surface area contributed by atoms with Gasteiger partial charge in [0.15, 0.2) is 0 Å². The Morgan fingerprint density at radius 1 is 1.19 bits per heavy atom. The highest BCUT2D eigenvalue weighted by Gasteiger charge is 1.98. The van der Waals surface area contributed by atoms with E-state index in [4.69, 9.17) is 4.74 Å². The Morgan fingerprint density at radius 2 is 1.81 bits per heavy atom. The van der Waals surface area contributed by atoms with E-state index in [1.54, 1.807) is 24.4 Å². The van der Waals surface area contributed by atoms with Crippen LogP contribution >= 0.6 is 0 Å². The number of benzene rings is 1. The van der Waals surface area contributed by atoms with Crippen molar-refractivity contribution in [2.45, 2.75) is 6.92 Å². The molecular formula is C11H12N4O. The molecule has 0 aliphatic rings. The number of hydrogen-bond donors (Lipinski definition) is 0. The van der Waals surface area contributed by atoms with Crippen LogP contribution in [0.2, 0.25) is 0 Å². The van der Waals surface area contributed by atoms with Crippen LogP contribution < -0.4 is 4.74 Å². The monoisotopic (exact) mass is 216 g/mol. The lowest BCUT2D eigenvalue weighted by Gasteiger charge is -2.02. The van der Waals surface area contributed by atoms with Gasteiger partial charge < -0.3 is 4.74 Å². The SMILES string of the molecule is COc1ccc(C(C)=Nn2cnnc2)cc1. The zero-order valence-corrected chi connectivity index (χ0v) is 9.16. The molecule has 0 spiro atoms. The molecule has 1 aromatic heterocycles. The molecule has 1 aromatic carbocycles. The van der Waals surface area contributed by atoms with Crippen molar-refractivity contribution >= 4 is 5.71 Å². The normalized spacial score (nSPS) is 11.5. The van der Waals surface area contributed by atoms with Gasteiger partial charge in [-0.25, -0.2) is 4.68 Å². The third-order valence-corrected chi connectivity index (χ3v) is 2.18. The topological polar surface area (TPSA) is 52.3 Å². The van der Waals surface area contributed by atoms with Crippen LogP contribution in [0, 0.1) is 0 Å². The molecule has 0 aliphatic carbocycles. The van der Waals surface area contributed by atoms with Crippen LogP contribution in [0.3, 0.4) is 0 Å². The van der Waals surface area contributed by atoms with E-state index in [0.29, 0.717) is 0 Å². The minimum Gasteiger partial charge on any atom is -0.497 e. The maximum absolute atomic E-state index is 5.09. The van der Waals surface area contributed by atoms with Gasteiger partial charge in [-0.2, -0.15) is 5.10 Å². The van der Waals surface area contributed by atoms with Crippen molar-refractivity contribution in [1.29, 1.82) is 0 Å². The van der Waals surface area contributed by atoms with E-state index in [1.807, 2.05) is 31.2 Å². The van der Waals surface area contributed by atoms with Gasteiger partial charge in [-0.05, 0) is 36.8 Å². The van der Waals surface area contributed by atoms with Crippen molar-refractivity contribution < 1.29 is 4.74 Å². The van der Waals surface area contributed by atoms with Gasteiger partial charge in [-0.3, -0.25) is 0 Å². The predicted molar refractivity (Wildman–Crippen MR) is 60.6 cm³/mol. The van der Waals surface area contributed by atoms with Crippen molar-refractivity contribution in [2.24, 2.45) is 5.10 Å². The third-order valence-electron chi connectivity index (χ3n) is 2.18. The standard InChI is InChI=1S/C11H12N4O/c1-9(14-15-7-12-13-8-15)10-3-5-11(16-2)6-4-10/h3-8H,1-2H3. The first-order chi connectivity index (χ1) is 7.79. The summed E-state index contributed by atoms with van der Waals surface area (Å²) in [6, 6.07) is 7.73. The second-order valence-corrected chi connectivity index (χ2v) is 3.26. The summed E-state index contributed by atoms with van der Waals surface area (Å²) in [5, 5.41) is 11.7. The molecule has 82 valence electrons. The highest BCUT2D eigenvalue weighted by Crippen LogP contribution is 2.12. The van der Waals surface area contributed by atoms with Gasteiger partial charge in [0.05, 0.1) is 12.8 Å². The van der Waals surface area contributed by atoms with Crippen molar-refractivity contribution in [1.82, 2.24) is 14.9 Å². The fraction of sp³-hybridized carbons (Fsp3) is 0.182. The van der Waals surface area contributed by atoms with Gasteiger partial charge in [0, 0.05) is 0 Å². The van der Waals surface area contributed by atoms with Crippen molar-refractivity contribution in [2.75, 3.05) is 7.11 Å². The first-order valence-corrected chi connectivity index (χ1v) is 4.84. The summed E-state index contributed by atoms with van der Waals surface area (Å²) in [7, 11) is 1.65. The quantitative estimate of drug-likeness (QED) is 0.731. The number of aromatic nitrogens is 3. The highest BCUT2D eigenvalue weighted by molar-refractivity contribution is 5.98. The molecule has 0 aliphatic heterocycles. The summed E-state index contributed by atoms with van der Waals surface area (Å²) in [5.74, 6) is 0.834. The van der Waals surface area contributed by atoms with Gasteiger partial charge in [0.2, 0.25) is 0 Å². The molecule has 16 heavy (non-hydrogen) atoms. The molecule has 0 atom stereocenters. The number of hydrogen-bond acceptors (Lipinski definition) is 4. The minimum atomic E-state index is 0.834. The molecule has 0 radical (unpaired) electrons. The molecule has 0 fully saturated rings. The fourth-order valence-electron chi connectivity index (χ4n) is 1.31. The zero-order chi connectivity index (χ0) is 11.4. The first kappa shape index (κ1) is 10.4. The third kappa shape index (κ3) is 2.25. The summed E-state index contributed by atoms with van der Waals surface area (Å²) < 4.78 is 6.66. The van der Waals surface area contributed by atoms with Crippen LogP contribution in [-0.4, -0.2) is 27.7 Å². The van der Waals surface area contributed by atoms with E-state index < -0.39 is 0 Å². The molecular weight excluding hydrogens is 204 g/mol. The number of methoxy groups -OCH3 is 1. The summed E-state index contributed by atoms with van der Waals surface area (Å²) >= 11 is 0. The molecule has 0 amide bonds. The molecule has 0 saturated carbocycles. The molecule has 0 saturated heterocycles. The van der Waals surface area contributed by atoms with Gasteiger partial charge in [0.25, 0.3) is 0 Å². The Balaban J connectivity index is 2.23. The number of nitrogens with zero attached hydrogens (tertiary/aromatic N) is 4. The smallest absolute Gasteiger partial charge is 0.141 e. The molecule has 1 heterocycles. The Kier molecular flexibility index (Phi) is 2.95. The van der Waals surface area contributed by atoms with Crippen molar-refractivity contribution in [3.63, 3.8) is 0 Å². The fourth-order valence-corrected chi connectivity index (χ4v) is 1.31. The van der Waals surface area contributed by atoms with Crippen LogP contribution in [0.5, 0.6) is 5.75 Å². The molecule has 2 rings (SSSR count). The largest absolute Gasteiger partial charge is 0.497 e. The van der Waals surface area contributed by atoms with Crippen molar-refractivity contribution in [3.8, 4) is 5.75 Å². The van der Waals surface area contributed by atoms with E-state index in [1.165, 1.54) is 0 Å². The summed E-state index contributed by atoms with van der Waals surface area (Å²) in [5.41, 5.74) is 1.93. The summed E-state index contributed by atoms with van der Waals surface area (Å²) in [4.78, 5) is 0. The van der Waals surface area contributed by atoms with Gasteiger partial charge in [-0.1, -0.05) is 0 Å². The lowest BCUT2D eigenvalue weighted by molar-refractivity contribution is 0.415. The van der Waals surface area contributed by atoms with Crippen LogP contribution in [0.25, 0.3) is 0 Å². The molecule has 0 bridgehead atoms. The Labute approximate surface area is 93.4 Å². The average Bonchev–Trinajstić information content (AvgIpc) is 2.82. The first-order valence-electron chi connectivity index (χ1n) is 4.84. The maximum atomic E-state index is 5.09. The van der Waals surface area contributed by atoms with Gasteiger partial charge >= 0.3 is 0 Å². The highest BCUT2D eigenvalue weighted by atomic mass is 16.5. The molecule has 0 unspecified atom stereocenters. The van der Waals surface area contributed by atoms with E-state index in [-0.39, 0.29) is 0 Å². The van der Waals surface area contributed by atoms with E-state index in [9.17, 15) is 0 Å².